The summed E-state index contributed by atoms with van der Waals surface area (Å²) in [6.45, 7) is 13.2. The third-order valence-electron chi connectivity index (χ3n) is 7.28. The highest BCUT2D eigenvalue weighted by Crippen LogP contribution is 2.26. The number of benzene rings is 2. The Morgan fingerprint density at radius 3 is 2.16 bits per heavy atom. The summed E-state index contributed by atoms with van der Waals surface area (Å²) in [6.07, 6.45) is 3.07. The fourth-order valence-electron chi connectivity index (χ4n) is 4.98. The minimum Gasteiger partial charge on any atom is -0.368 e. The van der Waals surface area contributed by atoms with E-state index in [1.54, 1.807) is 0 Å². The number of carbonyl (C=O) groups excluding carboxylic acids is 1. The van der Waals surface area contributed by atoms with Gasteiger partial charge in [-0.05, 0) is 74.5 Å². The maximum absolute atomic E-state index is 13.1. The predicted molar refractivity (Wildman–Crippen MR) is 129 cm³/mol. The second kappa shape index (κ2) is 9.86. The van der Waals surface area contributed by atoms with E-state index in [9.17, 15) is 4.79 Å². The molecule has 4 rings (SSSR count). The molecule has 2 aromatic carbocycles. The van der Waals surface area contributed by atoms with E-state index in [0.717, 1.165) is 65.1 Å². The van der Waals surface area contributed by atoms with Crippen LogP contribution in [0.25, 0.3) is 0 Å². The van der Waals surface area contributed by atoms with Crippen LogP contribution in [0.4, 0.5) is 5.69 Å². The van der Waals surface area contributed by atoms with Gasteiger partial charge in [-0.15, -0.1) is 0 Å². The van der Waals surface area contributed by atoms with Crippen LogP contribution < -0.4 is 4.90 Å². The molecule has 2 fully saturated rings. The smallest absolute Gasteiger partial charge is 0.225 e. The Hall–Kier alpha value is -2.33. The number of anilines is 1. The summed E-state index contributed by atoms with van der Waals surface area (Å²) >= 11 is 0. The standard InChI is InChI=1S/C27H37N3O/c1-4-23-8-10-24(11-9-23)20-28-14-12-25(13-15-28)27(31)30-18-16-29(17-19-30)26-7-5-6-21(2)22(26)3/h5-11,25H,4,12-20H2,1-3H3. The second-order valence-electron chi connectivity index (χ2n) is 9.25. The van der Waals surface area contributed by atoms with Crippen LogP contribution in [0.1, 0.15) is 42.0 Å². The minimum atomic E-state index is 0.200. The Morgan fingerprint density at radius 2 is 1.52 bits per heavy atom. The lowest BCUT2D eigenvalue weighted by Gasteiger charge is -2.40. The number of piperazine rings is 1. The maximum Gasteiger partial charge on any atom is 0.225 e. The Morgan fingerprint density at radius 1 is 0.871 bits per heavy atom. The molecule has 0 saturated carbocycles. The molecule has 4 heteroatoms. The first-order valence-electron chi connectivity index (χ1n) is 11.9. The molecule has 0 bridgehead atoms. The van der Waals surface area contributed by atoms with Crippen molar-refractivity contribution in [3.63, 3.8) is 0 Å². The number of nitrogens with zero attached hydrogens (tertiary/aromatic N) is 3. The fourth-order valence-corrected chi connectivity index (χ4v) is 4.98. The molecule has 2 aliphatic heterocycles. The summed E-state index contributed by atoms with van der Waals surface area (Å²) in [5, 5.41) is 0. The molecule has 166 valence electrons. The van der Waals surface area contributed by atoms with Gasteiger partial charge in [-0.3, -0.25) is 9.69 Å². The van der Waals surface area contributed by atoms with Gasteiger partial charge in [0.05, 0.1) is 0 Å². The van der Waals surface area contributed by atoms with E-state index in [1.165, 1.54) is 27.9 Å². The monoisotopic (exact) mass is 419 g/mol. The molecule has 31 heavy (non-hydrogen) atoms. The van der Waals surface area contributed by atoms with Crippen molar-refractivity contribution in [2.24, 2.45) is 5.92 Å². The Labute approximate surface area is 187 Å². The van der Waals surface area contributed by atoms with Crippen LogP contribution in [0.3, 0.4) is 0 Å². The number of piperidine rings is 1. The highest BCUT2D eigenvalue weighted by molar-refractivity contribution is 5.79. The van der Waals surface area contributed by atoms with Gasteiger partial charge < -0.3 is 9.80 Å². The van der Waals surface area contributed by atoms with Crippen LogP contribution in [-0.4, -0.2) is 55.0 Å². The molecule has 2 aromatic rings. The van der Waals surface area contributed by atoms with Gasteiger partial charge in [0.1, 0.15) is 0 Å². The zero-order valence-corrected chi connectivity index (χ0v) is 19.4. The second-order valence-corrected chi connectivity index (χ2v) is 9.25. The van der Waals surface area contributed by atoms with E-state index in [4.69, 9.17) is 0 Å². The number of carbonyl (C=O) groups is 1. The topological polar surface area (TPSA) is 26.8 Å². The Kier molecular flexibility index (Phi) is 6.96. The van der Waals surface area contributed by atoms with E-state index in [0.29, 0.717) is 5.91 Å². The highest BCUT2D eigenvalue weighted by atomic mass is 16.2. The summed E-state index contributed by atoms with van der Waals surface area (Å²) in [6, 6.07) is 15.5. The van der Waals surface area contributed by atoms with Crippen molar-refractivity contribution in [1.29, 1.82) is 0 Å². The zero-order valence-electron chi connectivity index (χ0n) is 19.4. The number of likely N-dealkylation sites (tertiary alicyclic amines) is 1. The van der Waals surface area contributed by atoms with E-state index in [-0.39, 0.29) is 5.92 Å². The van der Waals surface area contributed by atoms with Crippen molar-refractivity contribution >= 4 is 11.6 Å². The Balaban J connectivity index is 1.25. The van der Waals surface area contributed by atoms with Crippen LogP contribution in [0, 0.1) is 19.8 Å². The molecule has 0 radical (unpaired) electrons. The quantitative estimate of drug-likeness (QED) is 0.717. The van der Waals surface area contributed by atoms with Crippen LogP contribution in [-0.2, 0) is 17.8 Å². The molecule has 0 spiro atoms. The number of hydrogen-bond acceptors (Lipinski definition) is 3. The van der Waals surface area contributed by atoms with Crippen molar-refractivity contribution in [2.75, 3.05) is 44.2 Å². The van der Waals surface area contributed by atoms with Crippen LogP contribution in [0.5, 0.6) is 0 Å². The first-order valence-corrected chi connectivity index (χ1v) is 11.9. The molecule has 0 aromatic heterocycles. The van der Waals surface area contributed by atoms with E-state index in [1.807, 2.05) is 0 Å². The molecule has 0 aliphatic carbocycles. The molecular formula is C27H37N3O. The summed E-state index contributed by atoms with van der Waals surface area (Å²) in [5.41, 5.74) is 6.80. The average Bonchev–Trinajstić information content (AvgIpc) is 2.81. The van der Waals surface area contributed by atoms with Crippen molar-refractivity contribution < 1.29 is 4.79 Å². The average molecular weight is 420 g/mol. The van der Waals surface area contributed by atoms with Gasteiger partial charge in [-0.25, -0.2) is 0 Å². The molecule has 2 aliphatic rings. The maximum atomic E-state index is 13.1. The number of hydrogen-bond donors (Lipinski definition) is 0. The largest absolute Gasteiger partial charge is 0.368 e. The summed E-state index contributed by atoms with van der Waals surface area (Å²) < 4.78 is 0. The third kappa shape index (κ3) is 5.12. The highest BCUT2D eigenvalue weighted by Gasteiger charge is 2.30. The third-order valence-corrected chi connectivity index (χ3v) is 7.28. The normalized spacial score (nSPS) is 18.4. The Bertz CT molecular complexity index is 876. The lowest BCUT2D eigenvalue weighted by Crippen LogP contribution is -2.51. The lowest BCUT2D eigenvalue weighted by atomic mass is 9.94. The van der Waals surface area contributed by atoms with Gasteiger partial charge in [0.15, 0.2) is 0 Å². The van der Waals surface area contributed by atoms with Gasteiger partial charge in [0.25, 0.3) is 0 Å². The number of amides is 1. The summed E-state index contributed by atoms with van der Waals surface area (Å²) in [5.74, 6) is 0.582. The minimum absolute atomic E-state index is 0.200. The van der Waals surface area contributed by atoms with E-state index < -0.39 is 0 Å². The molecular weight excluding hydrogens is 382 g/mol. The zero-order chi connectivity index (χ0) is 21.8. The van der Waals surface area contributed by atoms with Gasteiger partial charge in [0.2, 0.25) is 5.91 Å². The fraction of sp³-hybridized carbons (Fsp3) is 0.519. The van der Waals surface area contributed by atoms with Crippen molar-refractivity contribution in [3.05, 3.63) is 64.7 Å². The lowest BCUT2D eigenvalue weighted by molar-refractivity contribution is -0.137. The molecule has 2 heterocycles. The molecule has 0 unspecified atom stereocenters. The molecule has 1 amide bonds. The van der Waals surface area contributed by atoms with Gasteiger partial charge >= 0.3 is 0 Å². The number of rotatable bonds is 5. The first kappa shape index (κ1) is 21.9. The molecule has 0 atom stereocenters. The van der Waals surface area contributed by atoms with Gasteiger partial charge in [0, 0.05) is 44.3 Å². The van der Waals surface area contributed by atoms with Crippen molar-refractivity contribution in [1.82, 2.24) is 9.80 Å². The van der Waals surface area contributed by atoms with Gasteiger partial charge in [-0.1, -0.05) is 43.3 Å². The molecule has 2 saturated heterocycles. The summed E-state index contributed by atoms with van der Waals surface area (Å²) in [4.78, 5) is 20.2. The SMILES string of the molecule is CCc1ccc(CN2CCC(C(=O)N3CCN(c4cccc(C)c4C)CC3)CC2)cc1. The van der Waals surface area contributed by atoms with Crippen molar-refractivity contribution in [2.45, 2.75) is 46.6 Å². The predicted octanol–water partition coefficient (Wildman–Crippen LogP) is 4.43. The van der Waals surface area contributed by atoms with E-state index >= 15 is 0 Å². The first-order chi connectivity index (χ1) is 15.0. The summed E-state index contributed by atoms with van der Waals surface area (Å²) in [7, 11) is 0. The van der Waals surface area contributed by atoms with Crippen LogP contribution >= 0.6 is 0 Å². The number of aryl methyl sites for hydroxylation is 2. The molecule has 4 nitrogen and oxygen atoms in total. The van der Waals surface area contributed by atoms with Crippen molar-refractivity contribution in [3.8, 4) is 0 Å². The molecule has 0 N–H and O–H groups in total. The van der Waals surface area contributed by atoms with Crippen LogP contribution in [0.2, 0.25) is 0 Å². The van der Waals surface area contributed by atoms with Gasteiger partial charge in [-0.2, -0.15) is 0 Å². The van der Waals surface area contributed by atoms with E-state index in [2.05, 4.69) is 77.9 Å². The van der Waals surface area contributed by atoms with Crippen LogP contribution in [0.15, 0.2) is 42.5 Å².